The molecule has 0 unspecified atom stereocenters. The number of piperazine rings is 1. The number of nitrogens with zero attached hydrogens (tertiary/aromatic N) is 4. The van der Waals surface area contributed by atoms with Crippen molar-refractivity contribution in [2.24, 2.45) is 4.99 Å². The fourth-order valence-corrected chi connectivity index (χ4v) is 4.29. The summed E-state index contributed by atoms with van der Waals surface area (Å²) in [6.45, 7) is 12.0. The molecule has 2 aliphatic rings. The second-order valence-corrected chi connectivity index (χ2v) is 8.40. The Morgan fingerprint density at radius 1 is 1.40 bits per heavy atom. The van der Waals surface area contributed by atoms with Gasteiger partial charge in [0.1, 0.15) is 5.01 Å². The molecule has 1 saturated heterocycles. The van der Waals surface area contributed by atoms with Crippen LogP contribution in [-0.2, 0) is 11.3 Å². The fraction of sp³-hybridized carbons (Fsp3) is 0.722. The number of rotatable bonds is 5. The zero-order chi connectivity index (χ0) is 18.0. The monoisotopic (exact) mass is 363 g/mol. The molecule has 1 N–H and O–H groups in total. The van der Waals surface area contributed by atoms with E-state index >= 15 is 0 Å². The molecule has 1 aromatic rings. The minimum atomic E-state index is 0.228. The van der Waals surface area contributed by atoms with E-state index in [0.29, 0.717) is 25.0 Å². The second kappa shape index (κ2) is 7.72. The highest BCUT2D eigenvalue weighted by atomic mass is 32.1. The number of amides is 1. The molecule has 3 rings (SSSR count). The lowest BCUT2D eigenvalue weighted by atomic mass is 10.1. The first kappa shape index (κ1) is 18.2. The van der Waals surface area contributed by atoms with Gasteiger partial charge < -0.3 is 15.1 Å². The molecule has 0 aromatic carbocycles. The van der Waals surface area contributed by atoms with Crippen molar-refractivity contribution in [2.75, 3.05) is 26.2 Å². The van der Waals surface area contributed by atoms with Gasteiger partial charge in [-0.15, -0.1) is 11.3 Å². The molecule has 1 aliphatic carbocycles. The van der Waals surface area contributed by atoms with E-state index in [0.717, 1.165) is 30.6 Å². The van der Waals surface area contributed by atoms with Crippen LogP contribution >= 0.6 is 11.3 Å². The van der Waals surface area contributed by atoms with Gasteiger partial charge in [-0.3, -0.25) is 4.79 Å². The van der Waals surface area contributed by atoms with Crippen LogP contribution in [0.3, 0.4) is 0 Å². The third kappa shape index (κ3) is 4.32. The summed E-state index contributed by atoms with van der Waals surface area (Å²) in [7, 11) is 0. The Hall–Kier alpha value is -1.63. The van der Waals surface area contributed by atoms with Crippen LogP contribution in [0, 0.1) is 6.92 Å². The highest BCUT2D eigenvalue weighted by Gasteiger charge is 2.36. The summed E-state index contributed by atoms with van der Waals surface area (Å²) in [4.78, 5) is 27.3. The van der Waals surface area contributed by atoms with Crippen LogP contribution in [0.25, 0.3) is 0 Å². The first-order valence-corrected chi connectivity index (χ1v) is 10.1. The molecule has 138 valence electrons. The molecule has 0 bridgehead atoms. The molecule has 1 aliphatic heterocycles. The molecular weight excluding hydrogens is 334 g/mol. The maximum absolute atomic E-state index is 12.4. The van der Waals surface area contributed by atoms with E-state index in [1.54, 1.807) is 11.3 Å². The van der Waals surface area contributed by atoms with Crippen molar-refractivity contribution in [2.45, 2.75) is 59.0 Å². The molecule has 0 spiro atoms. The topological polar surface area (TPSA) is 60.8 Å². The smallest absolute Gasteiger partial charge is 0.242 e. The Kier molecular flexibility index (Phi) is 5.61. The van der Waals surface area contributed by atoms with Gasteiger partial charge in [0.2, 0.25) is 5.91 Å². The molecule has 0 radical (unpaired) electrons. The Morgan fingerprint density at radius 2 is 2.16 bits per heavy atom. The van der Waals surface area contributed by atoms with E-state index in [4.69, 9.17) is 9.98 Å². The fourth-order valence-electron chi connectivity index (χ4n) is 3.28. The molecule has 7 heteroatoms. The average molecular weight is 364 g/mol. The van der Waals surface area contributed by atoms with Crippen molar-refractivity contribution in [1.82, 2.24) is 20.1 Å². The van der Waals surface area contributed by atoms with Gasteiger partial charge in [-0.25, -0.2) is 9.98 Å². The van der Waals surface area contributed by atoms with Crippen LogP contribution in [0.5, 0.6) is 0 Å². The van der Waals surface area contributed by atoms with Crippen LogP contribution in [0.2, 0.25) is 0 Å². The van der Waals surface area contributed by atoms with Crippen LogP contribution in [0.4, 0.5) is 0 Å². The van der Waals surface area contributed by atoms with Gasteiger partial charge in [0.05, 0.1) is 18.8 Å². The van der Waals surface area contributed by atoms with Crippen molar-refractivity contribution in [3.63, 3.8) is 0 Å². The molecule has 0 atom stereocenters. The summed E-state index contributed by atoms with van der Waals surface area (Å²) in [5.74, 6) is 1.49. The van der Waals surface area contributed by atoms with Crippen LogP contribution in [0.1, 0.15) is 55.1 Å². The number of guanidine groups is 1. The Bertz CT molecular complexity index is 650. The molecule has 1 saturated carbocycles. The minimum absolute atomic E-state index is 0.228. The van der Waals surface area contributed by atoms with E-state index < -0.39 is 0 Å². The van der Waals surface area contributed by atoms with Gasteiger partial charge in [-0.05, 0) is 32.6 Å². The lowest BCUT2D eigenvalue weighted by Gasteiger charge is -2.36. The number of carbonyl (C=O) groups excluding carboxylic acids is 1. The minimum Gasteiger partial charge on any atom is -0.356 e. The normalized spacial score (nSPS) is 19.1. The molecule has 2 fully saturated rings. The lowest BCUT2D eigenvalue weighted by Crippen LogP contribution is -2.55. The number of thiazole rings is 1. The summed E-state index contributed by atoms with van der Waals surface area (Å²) in [6.07, 6.45) is 2.34. The lowest BCUT2D eigenvalue weighted by molar-refractivity contribution is -0.135. The summed E-state index contributed by atoms with van der Waals surface area (Å²) in [6, 6.07) is 0.502. The van der Waals surface area contributed by atoms with E-state index in [2.05, 4.69) is 37.9 Å². The Balaban J connectivity index is 1.67. The highest BCUT2D eigenvalue weighted by Crippen LogP contribution is 2.28. The average Bonchev–Trinajstić information content (AvgIpc) is 3.33. The van der Waals surface area contributed by atoms with Gasteiger partial charge in [0, 0.05) is 30.6 Å². The number of aliphatic imine (C=N–C) groups is 1. The SMILES string of the molecule is CCNC(=NCc1nc(C(C)C)c(C)s1)N1CCN(C2CC2)C(=O)C1. The highest BCUT2D eigenvalue weighted by molar-refractivity contribution is 7.11. The number of aryl methyl sites for hydroxylation is 1. The largest absolute Gasteiger partial charge is 0.356 e. The maximum Gasteiger partial charge on any atom is 0.242 e. The maximum atomic E-state index is 12.4. The summed E-state index contributed by atoms with van der Waals surface area (Å²) in [5.41, 5.74) is 1.17. The third-order valence-electron chi connectivity index (χ3n) is 4.67. The zero-order valence-corrected chi connectivity index (χ0v) is 16.5. The van der Waals surface area contributed by atoms with Crippen molar-refractivity contribution in [3.8, 4) is 0 Å². The van der Waals surface area contributed by atoms with Crippen molar-refractivity contribution >= 4 is 23.2 Å². The molecule has 1 amide bonds. The predicted molar refractivity (Wildman–Crippen MR) is 102 cm³/mol. The summed E-state index contributed by atoms with van der Waals surface area (Å²) < 4.78 is 0. The van der Waals surface area contributed by atoms with Crippen molar-refractivity contribution < 1.29 is 4.79 Å². The molecule has 2 heterocycles. The first-order chi connectivity index (χ1) is 12.0. The number of hydrogen-bond donors (Lipinski definition) is 1. The van der Waals surface area contributed by atoms with Gasteiger partial charge in [-0.2, -0.15) is 0 Å². The Labute approximate surface area is 154 Å². The van der Waals surface area contributed by atoms with Crippen LogP contribution in [0.15, 0.2) is 4.99 Å². The predicted octanol–water partition coefficient (Wildman–Crippen LogP) is 2.35. The molecule has 25 heavy (non-hydrogen) atoms. The number of nitrogens with one attached hydrogen (secondary N) is 1. The van der Waals surface area contributed by atoms with E-state index in [9.17, 15) is 4.79 Å². The van der Waals surface area contributed by atoms with Crippen molar-refractivity contribution in [1.29, 1.82) is 0 Å². The standard InChI is InChI=1S/C18H29N5OS/c1-5-19-18(20-10-15-21-17(12(2)3)13(4)25-15)22-8-9-23(14-6-7-14)16(24)11-22/h12,14H,5-11H2,1-4H3,(H,19,20). The van der Waals surface area contributed by atoms with E-state index in [-0.39, 0.29) is 5.91 Å². The van der Waals surface area contributed by atoms with Gasteiger partial charge in [0.25, 0.3) is 0 Å². The first-order valence-electron chi connectivity index (χ1n) is 9.28. The number of aromatic nitrogens is 1. The van der Waals surface area contributed by atoms with Crippen molar-refractivity contribution in [3.05, 3.63) is 15.6 Å². The molecule has 6 nitrogen and oxygen atoms in total. The van der Waals surface area contributed by atoms with E-state index in [1.807, 2.05) is 4.90 Å². The van der Waals surface area contributed by atoms with Crippen LogP contribution in [-0.4, -0.2) is 58.9 Å². The van der Waals surface area contributed by atoms with Gasteiger partial charge in [-0.1, -0.05) is 13.8 Å². The van der Waals surface area contributed by atoms with Gasteiger partial charge >= 0.3 is 0 Å². The molecular formula is C18H29N5OS. The zero-order valence-electron chi connectivity index (χ0n) is 15.7. The van der Waals surface area contributed by atoms with Gasteiger partial charge in [0.15, 0.2) is 5.96 Å². The molecule has 1 aromatic heterocycles. The quantitative estimate of drug-likeness (QED) is 0.644. The summed E-state index contributed by atoms with van der Waals surface area (Å²) in [5, 5.41) is 4.37. The van der Waals surface area contributed by atoms with E-state index in [1.165, 1.54) is 23.4 Å². The Morgan fingerprint density at radius 3 is 2.72 bits per heavy atom. The van der Waals surface area contributed by atoms with Crippen LogP contribution < -0.4 is 5.32 Å². The third-order valence-corrected chi connectivity index (χ3v) is 5.64. The number of hydrogen-bond acceptors (Lipinski definition) is 4. The second-order valence-electron chi connectivity index (χ2n) is 7.11. The number of carbonyl (C=O) groups is 1. The summed E-state index contributed by atoms with van der Waals surface area (Å²) >= 11 is 1.72.